The van der Waals surface area contributed by atoms with Gasteiger partial charge >= 0.3 is 6.11 Å². The Hall–Kier alpha value is -3.29. The van der Waals surface area contributed by atoms with Crippen LogP contribution in [0, 0.1) is 23.4 Å². The van der Waals surface area contributed by atoms with Gasteiger partial charge in [0.25, 0.3) is 6.08 Å². The zero-order valence-corrected chi connectivity index (χ0v) is 18.7. The second-order valence-electron chi connectivity index (χ2n) is 8.59. The van der Waals surface area contributed by atoms with Crippen LogP contribution >= 0.6 is 0 Å². The molecule has 1 unspecified atom stereocenters. The van der Waals surface area contributed by atoms with E-state index in [2.05, 4.69) is 11.7 Å². The van der Waals surface area contributed by atoms with Gasteiger partial charge in [0.15, 0.2) is 0 Å². The second-order valence-corrected chi connectivity index (χ2v) is 8.59. The second kappa shape index (κ2) is 9.76. The summed E-state index contributed by atoms with van der Waals surface area (Å²) in [6.07, 6.45) is -2.62. The summed E-state index contributed by atoms with van der Waals surface area (Å²) >= 11 is 0. The molecule has 1 nitrogen and oxygen atoms in total. The molecule has 0 radical (unpaired) electrons. The van der Waals surface area contributed by atoms with Gasteiger partial charge in [-0.3, -0.25) is 0 Å². The predicted octanol–water partition coefficient (Wildman–Crippen LogP) is 8.65. The maximum absolute atomic E-state index is 14.7. The molecule has 0 spiro atoms. The molecule has 0 heterocycles. The molecule has 184 valence electrons. The number of hydrogen-bond acceptors (Lipinski definition) is 1. The van der Waals surface area contributed by atoms with E-state index >= 15 is 0 Å². The Morgan fingerprint density at radius 2 is 1.51 bits per heavy atom. The van der Waals surface area contributed by atoms with Crippen LogP contribution < -0.4 is 4.74 Å². The van der Waals surface area contributed by atoms with E-state index in [1.54, 1.807) is 0 Å². The van der Waals surface area contributed by atoms with Crippen molar-refractivity contribution in [3.05, 3.63) is 94.3 Å². The van der Waals surface area contributed by atoms with Crippen molar-refractivity contribution in [3.8, 4) is 16.9 Å². The van der Waals surface area contributed by atoms with E-state index in [4.69, 9.17) is 0 Å². The molecule has 0 fully saturated rings. The van der Waals surface area contributed by atoms with E-state index in [0.29, 0.717) is 29.2 Å². The fourth-order valence-electron chi connectivity index (χ4n) is 4.50. The minimum Gasteiger partial charge on any atom is -0.429 e. The first kappa shape index (κ1) is 24.8. The van der Waals surface area contributed by atoms with Gasteiger partial charge in [-0.15, -0.1) is 0 Å². The van der Waals surface area contributed by atoms with E-state index in [0.717, 1.165) is 43.4 Å². The number of halogens is 7. The third kappa shape index (κ3) is 5.36. The van der Waals surface area contributed by atoms with Crippen LogP contribution in [0.5, 0.6) is 5.75 Å². The maximum Gasteiger partial charge on any atom is 0.429 e. The van der Waals surface area contributed by atoms with Crippen molar-refractivity contribution in [2.24, 2.45) is 5.92 Å². The van der Waals surface area contributed by atoms with Crippen molar-refractivity contribution in [2.75, 3.05) is 0 Å². The van der Waals surface area contributed by atoms with Crippen LogP contribution in [0.25, 0.3) is 17.2 Å². The van der Waals surface area contributed by atoms with Crippen molar-refractivity contribution in [2.45, 2.75) is 38.7 Å². The third-order valence-electron chi connectivity index (χ3n) is 6.09. The van der Waals surface area contributed by atoms with Gasteiger partial charge in [-0.25, -0.2) is 13.2 Å². The van der Waals surface area contributed by atoms with Gasteiger partial charge in [-0.2, -0.15) is 17.6 Å². The van der Waals surface area contributed by atoms with E-state index in [1.165, 1.54) is 11.6 Å². The largest absolute Gasteiger partial charge is 0.429 e. The Bertz CT molecular complexity index is 1260. The van der Waals surface area contributed by atoms with E-state index in [9.17, 15) is 30.7 Å². The van der Waals surface area contributed by atoms with Crippen LogP contribution in [-0.4, -0.2) is 0 Å². The number of benzene rings is 3. The summed E-state index contributed by atoms with van der Waals surface area (Å²) in [7, 11) is 0. The molecule has 0 saturated heterocycles. The molecule has 8 heteroatoms. The first-order valence-electron chi connectivity index (χ1n) is 11.1. The monoisotopic (exact) mass is 494 g/mol. The lowest BCUT2D eigenvalue weighted by Crippen LogP contribution is -2.23. The molecule has 0 N–H and O–H groups in total. The van der Waals surface area contributed by atoms with Crippen LogP contribution in [0.1, 0.15) is 42.0 Å². The molecule has 0 saturated carbocycles. The Kier molecular flexibility index (Phi) is 6.92. The summed E-state index contributed by atoms with van der Waals surface area (Å²) < 4.78 is 101. The Morgan fingerprint density at radius 1 is 0.886 bits per heavy atom. The normalized spacial score (nSPS) is 15.1. The van der Waals surface area contributed by atoms with Crippen molar-refractivity contribution in [1.29, 1.82) is 0 Å². The molecule has 0 aromatic heterocycles. The van der Waals surface area contributed by atoms with Crippen LogP contribution in [0.4, 0.5) is 30.7 Å². The first-order chi connectivity index (χ1) is 16.6. The molecule has 4 rings (SSSR count). The molecule has 3 aromatic rings. The quantitative estimate of drug-likeness (QED) is 0.299. The fraction of sp³-hybridized carbons (Fsp3) is 0.259. The smallest absolute Gasteiger partial charge is 0.429 e. The maximum atomic E-state index is 14.7. The van der Waals surface area contributed by atoms with E-state index < -0.39 is 46.5 Å². The van der Waals surface area contributed by atoms with E-state index in [1.807, 2.05) is 18.2 Å². The molecule has 0 amide bonds. The topological polar surface area (TPSA) is 9.23 Å². The summed E-state index contributed by atoms with van der Waals surface area (Å²) in [6.45, 7) is 2.13. The summed E-state index contributed by atoms with van der Waals surface area (Å²) in [5.41, 5.74) is 1.24. The van der Waals surface area contributed by atoms with Crippen molar-refractivity contribution in [1.82, 2.24) is 0 Å². The molecule has 3 aromatic carbocycles. The van der Waals surface area contributed by atoms with Crippen LogP contribution in [0.15, 0.2) is 54.6 Å². The average molecular weight is 494 g/mol. The van der Waals surface area contributed by atoms with Gasteiger partial charge in [0.1, 0.15) is 23.2 Å². The molecule has 0 aliphatic heterocycles. The lowest BCUT2D eigenvalue weighted by molar-refractivity contribution is -0.187. The van der Waals surface area contributed by atoms with Gasteiger partial charge in [0, 0.05) is 18.2 Å². The van der Waals surface area contributed by atoms with Crippen LogP contribution in [0.2, 0.25) is 0 Å². The third-order valence-corrected chi connectivity index (χ3v) is 6.09. The zero-order valence-electron chi connectivity index (χ0n) is 18.7. The van der Waals surface area contributed by atoms with Gasteiger partial charge in [0.2, 0.25) is 0 Å². The lowest BCUT2D eigenvalue weighted by atomic mass is 9.99. The molecule has 1 aliphatic rings. The number of ether oxygens (including phenoxy) is 1. The highest BCUT2D eigenvalue weighted by Gasteiger charge is 2.38. The molecule has 1 atom stereocenters. The minimum atomic E-state index is -4.28. The highest BCUT2D eigenvalue weighted by atomic mass is 19.3. The Morgan fingerprint density at radius 3 is 2.14 bits per heavy atom. The highest BCUT2D eigenvalue weighted by molar-refractivity contribution is 5.66. The number of hydrogen-bond donors (Lipinski definition) is 0. The summed E-state index contributed by atoms with van der Waals surface area (Å²) in [6, 6.07) is 9.50. The number of alkyl halides is 2. The Labute approximate surface area is 197 Å². The number of fused-ring (bicyclic) bond motifs is 1. The van der Waals surface area contributed by atoms with Crippen molar-refractivity contribution < 1.29 is 35.5 Å². The lowest BCUT2D eigenvalue weighted by Gasteiger charge is -2.20. The van der Waals surface area contributed by atoms with E-state index in [-0.39, 0.29) is 6.08 Å². The Balaban J connectivity index is 1.57. The minimum absolute atomic E-state index is 0.0755. The summed E-state index contributed by atoms with van der Waals surface area (Å²) in [5, 5.41) is 0. The molecular weight excluding hydrogens is 473 g/mol. The molecule has 35 heavy (non-hydrogen) atoms. The fourth-order valence-corrected chi connectivity index (χ4v) is 4.50. The zero-order chi connectivity index (χ0) is 25.3. The van der Waals surface area contributed by atoms with Crippen LogP contribution in [0.3, 0.4) is 0 Å². The molecule has 1 aliphatic carbocycles. The van der Waals surface area contributed by atoms with Crippen LogP contribution in [-0.2, 0) is 19.0 Å². The SMILES string of the molecule is CCCC1Cc2ccc(-c3ccc(C(F)(F)Oc4cc(F)c(C=C(F)F)c(F)c4)c(F)c3)cc2C1. The molecular formula is C27H21F7O. The van der Waals surface area contributed by atoms with Gasteiger partial charge in [0.05, 0.1) is 11.1 Å². The van der Waals surface area contributed by atoms with Gasteiger partial charge in [-0.1, -0.05) is 44.0 Å². The average Bonchev–Trinajstić information content (AvgIpc) is 3.17. The van der Waals surface area contributed by atoms with Gasteiger partial charge < -0.3 is 4.74 Å². The van der Waals surface area contributed by atoms with Crippen molar-refractivity contribution >= 4 is 6.08 Å². The van der Waals surface area contributed by atoms with Gasteiger partial charge in [-0.05, 0) is 53.1 Å². The first-order valence-corrected chi connectivity index (χ1v) is 11.1. The molecule has 0 bridgehead atoms. The summed E-state index contributed by atoms with van der Waals surface area (Å²) in [5.74, 6) is -4.74. The van der Waals surface area contributed by atoms with Crippen molar-refractivity contribution in [3.63, 3.8) is 0 Å². The standard InChI is InChI=1S/C27H21F7O/c1-2-3-15-8-16-4-5-17(10-19(16)9-15)18-6-7-22(25(30)11-18)27(33,34)35-20-12-23(28)21(14-26(31)32)24(29)13-20/h4-7,10-15H,2-3,8-9H2,1H3. The highest BCUT2D eigenvalue weighted by Crippen LogP contribution is 2.37. The summed E-state index contributed by atoms with van der Waals surface area (Å²) in [4.78, 5) is 0. The number of rotatable bonds is 7. The predicted molar refractivity (Wildman–Crippen MR) is 119 cm³/mol.